The monoisotopic (exact) mass is 656 g/mol. The van der Waals surface area contributed by atoms with E-state index >= 15 is 0 Å². The zero-order chi connectivity index (χ0) is 30.2. The standard InChI is InChI=1S/C31H21ClN6O3S3/c32-17-29-35-27(19-42-29)31(39)36-26-15-20(16-28-25(26)18-34-38(28)44(41)22-9-5-2-6-10-22)23-11-13-33-30-24(23)12-14-37(30)43(40)21-7-3-1-4-8-21/h1-16,18-19H,17H2,(H,36,39). The van der Waals surface area contributed by atoms with Gasteiger partial charge in [0.25, 0.3) is 5.91 Å². The van der Waals surface area contributed by atoms with Crippen LogP contribution in [-0.2, 0) is 28.6 Å². The van der Waals surface area contributed by atoms with Gasteiger partial charge >= 0.3 is 0 Å². The van der Waals surface area contributed by atoms with Gasteiger partial charge in [0.1, 0.15) is 38.9 Å². The Kier molecular flexibility index (Phi) is 7.85. The van der Waals surface area contributed by atoms with Crippen molar-refractivity contribution in [2.45, 2.75) is 15.7 Å². The van der Waals surface area contributed by atoms with Gasteiger partial charge in [-0.3, -0.25) is 4.79 Å². The highest BCUT2D eigenvalue weighted by molar-refractivity contribution is 7.90. The van der Waals surface area contributed by atoms with Crippen LogP contribution in [0.4, 0.5) is 5.69 Å². The number of alkyl halides is 1. The number of nitrogens with one attached hydrogen (secondary N) is 1. The summed E-state index contributed by atoms with van der Waals surface area (Å²) in [4.78, 5) is 23.4. The molecule has 44 heavy (non-hydrogen) atoms. The SMILES string of the molecule is O=C(Nc1cc(-c2ccnc3c2ccn3[S+]([O-])c2ccccc2)cc2c1cnn2[S+]([O-])c1ccccc1)c1csc(CCl)n1. The van der Waals surface area contributed by atoms with Crippen molar-refractivity contribution < 1.29 is 13.9 Å². The molecule has 0 bridgehead atoms. The van der Waals surface area contributed by atoms with Gasteiger partial charge in [-0.05, 0) is 59.7 Å². The lowest BCUT2D eigenvalue weighted by atomic mass is 10.0. The zero-order valence-corrected chi connectivity index (χ0v) is 25.9. The van der Waals surface area contributed by atoms with Crippen molar-refractivity contribution in [1.29, 1.82) is 0 Å². The number of aromatic nitrogens is 5. The quantitative estimate of drug-likeness (QED) is 0.144. The molecule has 7 aromatic rings. The van der Waals surface area contributed by atoms with Crippen molar-refractivity contribution in [3.8, 4) is 11.1 Å². The van der Waals surface area contributed by atoms with Gasteiger partial charge < -0.3 is 14.4 Å². The van der Waals surface area contributed by atoms with E-state index in [0.29, 0.717) is 37.0 Å². The molecule has 2 atom stereocenters. The molecule has 0 aliphatic heterocycles. The molecule has 9 nitrogen and oxygen atoms in total. The first-order chi connectivity index (χ1) is 21.5. The topological polar surface area (TPSA) is 124 Å². The van der Waals surface area contributed by atoms with Crippen LogP contribution in [0.3, 0.4) is 0 Å². The van der Waals surface area contributed by atoms with Crippen LogP contribution < -0.4 is 5.32 Å². The number of hydrogen-bond donors (Lipinski definition) is 1. The van der Waals surface area contributed by atoms with Crippen LogP contribution in [0.5, 0.6) is 0 Å². The number of thiazole rings is 1. The van der Waals surface area contributed by atoms with E-state index in [1.54, 1.807) is 52.2 Å². The van der Waals surface area contributed by atoms with Gasteiger partial charge in [0.05, 0.1) is 24.0 Å². The molecule has 4 heterocycles. The largest absolute Gasteiger partial charge is 0.587 e. The Labute approximate surface area is 266 Å². The smallest absolute Gasteiger partial charge is 0.275 e. The first-order valence-corrected chi connectivity index (χ1v) is 16.9. The average molecular weight is 657 g/mol. The van der Waals surface area contributed by atoms with E-state index in [0.717, 1.165) is 16.5 Å². The number of carbonyl (C=O) groups excluding carboxylic acids is 1. The van der Waals surface area contributed by atoms with Crippen molar-refractivity contribution in [3.05, 3.63) is 120 Å². The Hall–Kier alpha value is -4.17. The summed E-state index contributed by atoms with van der Waals surface area (Å²) < 4.78 is 30.1. The third-order valence-corrected chi connectivity index (χ3v) is 10.8. The fourth-order valence-electron chi connectivity index (χ4n) is 4.85. The average Bonchev–Trinajstić information content (AvgIpc) is 3.83. The number of carbonyl (C=O) groups is 1. The molecular formula is C31H21ClN6O3S3. The maximum Gasteiger partial charge on any atom is 0.275 e. The molecule has 4 aromatic heterocycles. The van der Waals surface area contributed by atoms with E-state index in [-0.39, 0.29) is 11.6 Å². The van der Waals surface area contributed by atoms with Gasteiger partial charge in [-0.1, -0.05) is 40.5 Å². The van der Waals surface area contributed by atoms with Crippen LogP contribution in [0.2, 0.25) is 0 Å². The Morgan fingerprint density at radius 2 is 1.66 bits per heavy atom. The zero-order valence-electron chi connectivity index (χ0n) is 22.7. The highest BCUT2D eigenvalue weighted by Gasteiger charge is 2.24. The minimum absolute atomic E-state index is 0.211. The molecule has 0 aliphatic carbocycles. The third kappa shape index (κ3) is 5.25. The molecule has 0 fully saturated rings. The van der Waals surface area contributed by atoms with Crippen molar-refractivity contribution >= 4 is 79.2 Å². The highest BCUT2D eigenvalue weighted by Crippen LogP contribution is 2.36. The van der Waals surface area contributed by atoms with E-state index in [2.05, 4.69) is 20.4 Å². The van der Waals surface area contributed by atoms with Gasteiger partial charge in [0.2, 0.25) is 0 Å². The number of nitrogens with zero attached hydrogens (tertiary/aromatic N) is 5. The van der Waals surface area contributed by atoms with Gasteiger partial charge in [-0.25, -0.2) is 9.97 Å². The fourth-order valence-corrected chi connectivity index (χ4v) is 7.86. The molecule has 0 saturated carbocycles. The Morgan fingerprint density at radius 3 is 2.36 bits per heavy atom. The summed E-state index contributed by atoms with van der Waals surface area (Å²) in [6.45, 7) is 0. The maximum atomic E-state index is 13.6. The first-order valence-electron chi connectivity index (χ1n) is 13.3. The Balaban J connectivity index is 1.37. The number of halogens is 1. The van der Waals surface area contributed by atoms with E-state index in [4.69, 9.17) is 11.6 Å². The fraction of sp³-hybridized carbons (Fsp3) is 0.0323. The number of amides is 1. The van der Waals surface area contributed by atoms with Gasteiger partial charge in [-0.15, -0.1) is 32.0 Å². The minimum atomic E-state index is -1.65. The van der Waals surface area contributed by atoms with Gasteiger partial charge in [0, 0.05) is 22.3 Å². The lowest BCUT2D eigenvalue weighted by molar-refractivity contribution is 0.102. The number of anilines is 1. The van der Waals surface area contributed by atoms with E-state index in [1.807, 2.05) is 60.7 Å². The second kappa shape index (κ2) is 12.1. The normalized spacial score (nSPS) is 12.9. The number of fused-ring (bicyclic) bond motifs is 2. The molecule has 7 rings (SSSR count). The molecule has 1 amide bonds. The molecule has 2 unspecified atom stereocenters. The summed E-state index contributed by atoms with van der Waals surface area (Å²) in [7, 11) is 0. The number of benzene rings is 3. The van der Waals surface area contributed by atoms with E-state index in [1.165, 1.54) is 15.4 Å². The van der Waals surface area contributed by atoms with Crippen LogP contribution in [0, 0.1) is 0 Å². The van der Waals surface area contributed by atoms with Gasteiger partial charge in [0.15, 0.2) is 15.4 Å². The van der Waals surface area contributed by atoms with E-state index in [9.17, 15) is 13.9 Å². The second-order valence-corrected chi connectivity index (χ2v) is 13.4. The van der Waals surface area contributed by atoms with Crippen molar-refractivity contribution in [1.82, 2.24) is 23.1 Å². The van der Waals surface area contributed by atoms with E-state index < -0.39 is 28.6 Å². The van der Waals surface area contributed by atoms with Crippen LogP contribution in [0.15, 0.2) is 119 Å². The van der Waals surface area contributed by atoms with Crippen LogP contribution >= 0.6 is 22.9 Å². The summed E-state index contributed by atoms with van der Waals surface area (Å²) >= 11 is 4.06. The van der Waals surface area contributed by atoms with Crippen LogP contribution in [0.1, 0.15) is 15.5 Å². The number of pyridine rings is 1. The minimum Gasteiger partial charge on any atom is -0.587 e. The summed E-state index contributed by atoms with van der Waals surface area (Å²) in [5.74, 6) is -0.194. The lowest BCUT2D eigenvalue weighted by Crippen LogP contribution is -2.15. The molecule has 0 spiro atoms. The summed E-state index contributed by atoms with van der Waals surface area (Å²) in [6.07, 6.45) is 4.99. The number of hydrogen-bond acceptors (Lipinski definition) is 7. The molecule has 3 aromatic carbocycles. The summed E-state index contributed by atoms with van der Waals surface area (Å²) in [5.41, 5.74) is 3.31. The molecule has 218 valence electrons. The second-order valence-electron chi connectivity index (χ2n) is 9.55. The molecule has 1 N–H and O–H groups in total. The van der Waals surface area contributed by atoms with Gasteiger partial charge in [-0.2, -0.15) is 0 Å². The Bertz CT molecular complexity index is 2120. The molecule has 13 heteroatoms. The summed E-state index contributed by atoms with van der Waals surface area (Å²) in [5, 5.41) is 11.1. The van der Waals surface area contributed by atoms with Crippen molar-refractivity contribution in [3.63, 3.8) is 0 Å². The summed E-state index contributed by atoms with van der Waals surface area (Å²) in [6, 6.07) is 25.6. The first kappa shape index (κ1) is 28.6. The van der Waals surface area contributed by atoms with Crippen molar-refractivity contribution in [2.75, 3.05) is 5.32 Å². The third-order valence-electron chi connectivity index (χ3n) is 6.89. The maximum absolute atomic E-state index is 13.6. The highest BCUT2D eigenvalue weighted by atomic mass is 35.5. The lowest BCUT2D eigenvalue weighted by Gasteiger charge is -2.13. The van der Waals surface area contributed by atoms with Crippen LogP contribution in [0.25, 0.3) is 33.1 Å². The predicted molar refractivity (Wildman–Crippen MR) is 175 cm³/mol. The number of rotatable bonds is 8. The van der Waals surface area contributed by atoms with Crippen LogP contribution in [-0.4, -0.2) is 38.1 Å². The Morgan fingerprint density at radius 1 is 0.932 bits per heavy atom. The predicted octanol–water partition coefficient (Wildman–Crippen LogP) is 6.64. The van der Waals surface area contributed by atoms with Crippen molar-refractivity contribution in [2.24, 2.45) is 0 Å². The molecule has 0 aliphatic rings. The molecule has 0 radical (unpaired) electrons. The molecule has 0 saturated heterocycles. The molecular weight excluding hydrogens is 636 g/mol.